The van der Waals surface area contributed by atoms with Gasteiger partial charge in [0.2, 0.25) is 5.91 Å². The van der Waals surface area contributed by atoms with E-state index in [4.69, 9.17) is 0 Å². The van der Waals surface area contributed by atoms with Crippen molar-refractivity contribution in [2.45, 2.75) is 26.3 Å². The number of carbonyl (C=O) groups is 1. The quantitative estimate of drug-likeness (QED) is 0.822. The van der Waals surface area contributed by atoms with Gasteiger partial charge in [-0.1, -0.05) is 13.0 Å². The first-order valence-electron chi connectivity index (χ1n) is 5.47. The van der Waals surface area contributed by atoms with Gasteiger partial charge in [0.15, 0.2) is 0 Å². The second-order valence-electron chi connectivity index (χ2n) is 4.09. The molecule has 1 aliphatic rings. The molecule has 0 saturated carbocycles. The van der Waals surface area contributed by atoms with E-state index in [1.54, 1.807) is 0 Å². The minimum atomic E-state index is -0.413. The fourth-order valence-electron chi connectivity index (χ4n) is 1.96. The minimum Gasteiger partial charge on any atom is -0.322 e. The Morgan fingerprint density at radius 1 is 1.50 bits per heavy atom. The molecular formula is C12H15FN2O. The van der Waals surface area contributed by atoms with Crippen molar-refractivity contribution in [3.63, 3.8) is 0 Å². The Hall–Kier alpha value is -1.42. The Balaban J connectivity index is 2.36. The van der Waals surface area contributed by atoms with E-state index >= 15 is 0 Å². The molecule has 0 aliphatic carbocycles. The Morgan fingerprint density at radius 2 is 2.25 bits per heavy atom. The molecule has 1 amide bonds. The Morgan fingerprint density at radius 3 is 2.94 bits per heavy atom. The van der Waals surface area contributed by atoms with Gasteiger partial charge in [-0.3, -0.25) is 4.79 Å². The summed E-state index contributed by atoms with van der Waals surface area (Å²) in [5.41, 5.74) is 1.87. The number of carbonyl (C=O) groups excluding carboxylic acids is 1. The van der Waals surface area contributed by atoms with Crippen LogP contribution in [0.5, 0.6) is 0 Å². The zero-order chi connectivity index (χ0) is 11.7. The predicted octanol–water partition coefficient (Wildman–Crippen LogP) is 2.13. The third-order valence-corrected chi connectivity index (χ3v) is 2.68. The maximum atomic E-state index is 13.6. The molecular weight excluding hydrogens is 207 g/mol. The number of nitrogens with one attached hydrogen (secondary N) is 2. The van der Waals surface area contributed by atoms with Gasteiger partial charge in [-0.2, -0.15) is 0 Å². The van der Waals surface area contributed by atoms with Crippen LogP contribution in [-0.2, 0) is 4.79 Å². The maximum absolute atomic E-state index is 13.6. The van der Waals surface area contributed by atoms with Crippen molar-refractivity contribution >= 4 is 11.6 Å². The molecule has 1 heterocycles. The van der Waals surface area contributed by atoms with Crippen LogP contribution in [0.15, 0.2) is 12.1 Å². The van der Waals surface area contributed by atoms with E-state index in [0.29, 0.717) is 5.69 Å². The molecule has 0 spiro atoms. The number of aryl methyl sites for hydroxylation is 1. The van der Waals surface area contributed by atoms with Crippen LogP contribution in [0.4, 0.5) is 10.1 Å². The van der Waals surface area contributed by atoms with Crippen molar-refractivity contribution in [1.82, 2.24) is 5.32 Å². The molecule has 1 aliphatic heterocycles. The molecule has 0 radical (unpaired) electrons. The van der Waals surface area contributed by atoms with Crippen LogP contribution in [-0.4, -0.2) is 12.5 Å². The zero-order valence-corrected chi connectivity index (χ0v) is 9.43. The zero-order valence-electron chi connectivity index (χ0n) is 9.43. The maximum Gasteiger partial charge on any atom is 0.246 e. The third kappa shape index (κ3) is 1.80. The number of benzene rings is 1. The van der Waals surface area contributed by atoms with Crippen LogP contribution in [0.25, 0.3) is 0 Å². The van der Waals surface area contributed by atoms with Crippen LogP contribution in [0.3, 0.4) is 0 Å². The molecule has 1 aromatic carbocycles. The summed E-state index contributed by atoms with van der Waals surface area (Å²) in [4.78, 5) is 11.7. The average Bonchev–Trinajstić information content (AvgIpc) is 2.53. The number of hydrogen-bond acceptors (Lipinski definition) is 2. The highest BCUT2D eigenvalue weighted by molar-refractivity contribution is 6.02. The molecule has 0 fully saturated rings. The number of fused-ring (bicyclic) bond motifs is 1. The number of anilines is 1. The Kier molecular flexibility index (Phi) is 2.92. The van der Waals surface area contributed by atoms with Crippen molar-refractivity contribution < 1.29 is 9.18 Å². The normalized spacial score (nSPS) is 18.4. The number of rotatable bonds is 3. The smallest absolute Gasteiger partial charge is 0.246 e. The molecule has 2 rings (SSSR count). The SMILES string of the molecule is CCCNC1C(=O)Nc2c(F)cc(C)cc21. The topological polar surface area (TPSA) is 41.1 Å². The number of hydrogen-bond donors (Lipinski definition) is 2. The number of amides is 1. The molecule has 1 aromatic rings. The second-order valence-corrected chi connectivity index (χ2v) is 4.09. The van der Waals surface area contributed by atoms with E-state index in [1.807, 2.05) is 19.9 Å². The molecule has 0 saturated heterocycles. The van der Waals surface area contributed by atoms with Crippen molar-refractivity contribution in [2.24, 2.45) is 0 Å². The summed E-state index contributed by atoms with van der Waals surface area (Å²) in [7, 11) is 0. The summed E-state index contributed by atoms with van der Waals surface area (Å²) in [6.07, 6.45) is 0.938. The van der Waals surface area contributed by atoms with Gasteiger partial charge < -0.3 is 10.6 Å². The van der Waals surface area contributed by atoms with Gasteiger partial charge in [-0.15, -0.1) is 0 Å². The lowest BCUT2D eigenvalue weighted by atomic mass is 10.0. The summed E-state index contributed by atoms with van der Waals surface area (Å²) < 4.78 is 13.6. The Labute approximate surface area is 94.0 Å². The monoisotopic (exact) mass is 222 g/mol. The molecule has 4 heteroatoms. The average molecular weight is 222 g/mol. The standard InChI is InChI=1S/C12H15FN2O/c1-3-4-14-11-8-5-7(2)6-9(13)10(8)15-12(11)16/h5-6,11,14H,3-4H2,1-2H3,(H,15,16). The lowest BCUT2D eigenvalue weighted by Gasteiger charge is -2.10. The first-order valence-corrected chi connectivity index (χ1v) is 5.47. The van der Waals surface area contributed by atoms with E-state index in [2.05, 4.69) is 10.6 Å². The first kappa shape index (κ1) is 11.1. The predicted molar refractivity (Wildman–Crippen MR) is 60.8 cm³/mol. The van der Waals surface area contributed by atoms with Crippen molar-refractivity contribution in [3.05, 3.63) is 29.1 Å². The van der Waals surface area contributed by atoms with Gasteiger partial charge in [0.1, 0.15) is 11.9 Å². The molecule has 0 aromatic heterocycles. The Bertz CT molecular complexity index is 431. The highest BCUT2D eigenvalue weighted by atomic mass is 19.1. The van der Waals surface area contributed by atoms with Crippen LogP contribution in [0.2, 0.25) is 0 Å². The molecule has 1 unspecified atom stereocenters. The van der Waals surface area contributed by atoms with Gasteiger partial charge in [0.05, 0.1) is 5.69 Å². The minimum absolute atomic E-state index is 0.173. The van der Waals surface area contributed by atoms with Gasteiger partial charge in [-0.25, -0.2) is 4.39 Å². The molecule has 16 heavy (non-hydrogen) atoms. The van der Waals surface area contributed by atoms with Gasteiger partial charge in [-0.05, 0) is 31.5 Å². The first-order chi connectivity index (χ1) is 7.63. The summed E-state index contributed by atoms with van der Waals surface area (Å²) in [6, 6.07) is 2.87. The fourth-order valence-corrected chi connectivity index (χ4v) is 1.96. The molecule has 2 N–H and O–H groups in total. The lowest BCUT2D eigenvalue weighted by Crippen LogP contribution is -2.28. The van der Waals surface area contributed by atoms with Crippen LogP contribution in [0.1, 0.15) is 30.5 Å². The summed E-state index contributed by atoms with van der Waals surface area (Å²) >= 11 is 0. The lowest BCUT2D eigenvalue weighted by molar-refractivity contribution is -0.117. The molecule has 0 bridgehead atoms. The summed E-state index contributed by atoms with van der Waals surface area (Å²) in [5, 5.41) is 5.69. The third-order valence-electron chi connectivity index (χ3n) is 2.68. The van der Waals surface area contributed by atoms with Gasteiger partial charge in [0.25, 0.3) is 0 Å². The fraction of sp³-hybridized carbons (Fsp3) is 0.417. The van der Waals surface area contributed by atoms with E-state index < -0.39 is 6.04 Å². The largest absolute Gasteiger partial charge is 0.322 e. The van der Waals surface area contributed by atoms with E-state index in [9.17, 15) is 9.18 Å². The second kappa shape index (κ2) is 4.22. The highest BCUT2D eigenvalue weighted by Gasteiger charge is 2.32. The van der Waals surface area contributed by atoms with Crippen LogP contribution >= 0.6 is 0 Å². The van der Waals surface area contributed by atoms with Crippen molar-refractivity contribution in [3.8, 4) is 0 Å². The number of halogens is 1. The van der Waals surface area contributed by atoms with E-state index in [-0.39, 0.29) is 11.7 Å². The van der Waals surface area contributed by atoms with Crippen LogP contribution < -0.4 is 10.6 Å². The van der Waals surface area contributed by atoms with E-state index in [0.717, 1.165) is 24.1 Å². The summed E-state index contributed by atoms with van der Waals surface area (Å²) in [5.74, 6) is -0.530. The molecule has 86 valence electrons. The van der Waals surface area contributed by atoms with Crippen molar-refractivity contribution in [2.75, 3.05) is 11.9 Å². The van der Waals surface area contributed by atoms with Gasteiger partial charge in [0, 0.05) is 5.56 Å². The molecule has 3 nitrogen and oxygen atoms in total. The molecule has 1 atom stereocenters. The van der Waals surface area contributed by atoms with Crippen molar-refractivity contribution in [1.29, 1.82) is 0 Å². The highest BCUT2D eigenvalue weighted by Crippen LogP contribution is 2.33. The van der Waals surface area contributed by atoms with E-state index in [1.165, 1.54) is 6.07 Å². The van der Waals surface area contributed by atoms with Crippen LogP contribution in [0, 0.1) is 12.7 Å². The summed E-state index contributed by atoms with van der Waals surface area (Å²) in [6.45, 7) is 4.59. The van der Waals surface area contributed by atoms with Gasteiger partial charge >= 0.3 is 0 Å².